The summed E-state index contributed by atoms with van der Waals surface area (Å²) in [7, 11) is 3.22. The highest BCUT2D eigenvalue weighted by atomic mass is 79.9. The van der Waals surface area contributed by atoms with Gasteiger partial charge in [-0.3, -0.25) is 4.99 Å². The van der Waals surface area contributed by atoms with Crippen LogP contribution >= 0.6 is 15.9 Å². The van der Waals surface area contributed by atoms with Crippen LogP contribution in [0.1, 0.15) is 11.1 Å². The van der Waals surface area contributed by atoms with Crippen LogP contribution < -0.4 is 15.4 Å². The molecule has 0 aliphatic carbocycles. The summed E-state index contributed by atoms with van der Waals surface area (Å²) in [5.41, 5.74) is 1.26. The van der Waals surface area contributed by atoms with E-state index in [2.05, 4.69) is 31.6 Å². The molecule has 0 unspecified atom stereocenters. The highest BCUT2D eigenvalue weighted by Crippen LogP contribution is 2.25. The van der Waals surface area contributed by atoms with Gasteiger partial charge in [-0.15, -0.1) is 0 Å². The second-order valence-corrected chi connectivity index (χ2v) is 5.84. The van der Waals surface area contributed by atoms with Crippen LogP contribution in [0.4, 0.5) is 8.78 Å². The molecule has 24 heavy (non-hydrogen) atoms. The molecule has 2 N–H and O–H groups in total. The summed E-state index contributed by atoms with van der Waals surface area (Å²) in [5.74, 6) is 0.311. The number of nitrogens with one attached hydrogen (secondary N) is 2. The van der Waals surface area contributed by atoms with Gasteiger partial charge < -0.3 is 15.4 Å². The zero-order valence-electron chi connectivity index (χ0n) is 13.4. The normalized spacial score (nSPS) is 11.3. The molecule has 0 atom stereocenters. The van der Waals surface area contributed by atoms with Gasteiger partial charge in [0.15, 0.2) is 5.96 Å². The molecule has 0 aliphatic heterocycles. The van der Waals surface area contributed by atoms with Gasteiger partial charge in [0, 0.05) is 25.7 Å². The maximum absolute atomic E-state index is 13.6. The summed E-state index contributed by atoms with van der Waals surface area (Å²) < 4.78 is 32.8. The third-order valence-corrected chi connectivity index (χ3v) is 3.97. The van der Waals surface area contributed by atoms with Crippen LogP contribution in [0.2, 0.25) is 0 Å². The van der Waals surface area contributed by atoms with Crippen molar-refractivity contribution in [1.82, 2.24) is 10.6 Å². The van der Waals surface area contributed by atoms with E-state index >= 15 is 0 Å². The van der Waals surface area contributed by atoms with Crippen molar-refractivity contribution in [3.63, 3.8) is 0 Å². The van der Waals surface area contributed by atoms with Gasteiger partial charge in [0.2, 0.25) is 0 Å². The van der Waals surface area contributed by atoms with Gasteiger partial charge >= 0.3 is 0 Å². The monoisotopic (exact) mass is 397 g/mol. The number of nitrogens with zero attached hydrogens (tertiary/aromatic N) is 1. The van der Waals surface area contributed by atoms with Gasteiger partial charge in [0.25, 0.3) is 0 Å². The topological polar surface area (TPSA) is 45.7 Å². The number of ether oxygens (including phenoxy) is 1. The van der Waals surface area contributed by atoms with E-state index in [1.54, 1.807) is 14.2 Å². The Balaban J connectivity index is 1.93. The third-order valence-electron chi connectivity index (χ3n) is 3.35. The Labute approximate surface area is 148 Å². The van der Waals surface area contributed by atoms with Crippen molar-refractivity contribution >= 4 is 21.9 Å². The van der Waals surface area contributed by atoms with Gasteiger partial charge in [0.1, 0.15) is 17.4 Å². The lowest BCUT2D eigenvalue weighted by molar-refractivity contribution is 0.412. The lowest BCUT2D eigenvalue weighted by Gasteiger charge is -2.13. The van der Waals surface area contributed by atoms with Crippen molar-refractivity contribution < 1.29 is 13.5 Å². The van der Waals surface area contributed by atoms with Crippen LogP contribution in [0.25, 0.3) is 0 Å². The number of hydrogen-bond acceptors (Lipinski definition) is 2. The minimum Gasteiger partial charge on any atom is -0.496 e. The predicted octanol–water partition coefficient (Wildman–Crippen LogP) is 3.60. The molecule has 0 bridgehead atoms. The molecule has 2 aromatic rings. The molecular formula is C17H18BrF2N3O. The number of guanidine groups is 1. The van der Waals surface area contributed by atoms with Crippen molar-refractivity contribution in [2.75, 3.05) is 14.2 Å². The van der Waals surface area contributed by atoms with E-state index in [9.17, 15) is 8.78 Å². The lowest BCUT2D eigenvalue weighted by atomic mass is 10.2. The number of hydrogen-bond donors (Lipinski definition) is 2. The smallest absolute Gasteiger partial charge is 0.191 e. The molecule has 0 aromatic heterocycles. The van der Waals surface area contributed by atoms with Gasteiger partial charge in [-0.25, -0.2) is 8.78 Å². The zero-order valence-corrected chi connectivity index (χ0v) is 15.0. The van der Waals surface area contributed by atoms with E-state index in [1.165, 1.54) is 0 Å². The van der Waals surface area contributed by atoms with E-state index in [0.717, 1.165) is 34.0 Å². The van der Waals surface area contributed by atoms with Crippen molar-refractivity contribution in [2.45, 2.75) is 13.1 Å². The molecule has 0 spiro atoms. The fourth-order valence-corrected chi connectivity index (χ4v) is 2.67. The summed E-state index contributed by atoms with van der Waals surface area (Å²) in [5, 5.41) is 6.07. The molecule has 0 saturated heterocycles. The summed E-state index contributed by atoms with van der Waals surface area (Å²) in [6.07, 6.45) is 0. The molecule has 2 aromatic carbocycles. The van der Waals surface area contributed by atoms with Crippen molar-refractivity contribution in [1.29, 1.82) is 0 Å². The fourth-order valence-electron chi connectivity index (χ4n) is 2.08. The lowest BCUT2D eigenvalue weighted by Crippen LogP contribution is -2.36. The first-order valence-electron chi connectivity index (χ1n) is 7.24. The molecule has 0 heterocycles. The number of rotatable bonds is 5. The Morgan fingerprint density at radius 3 is 2.54 bits per heavy atom. The maximum Gasteiger partial charge on any atom is 0.191 e. The molecule has 0 radical (unpaired) electrons. The van der Waals surface area contributed by atoms with Crippen molar-refractivity contribution in [3.05, 3.63) is 63.6 Å². The van der Waals surface area contributed by atoms with E-state index in [0.29, 0.717) is 12.5 Å². The van der Waals surface area contributed by atoms with Crippen LogP contribution in [-0.2, 0) is 13.1 Å². The summed E-state index contributed by atoms with van der Waals surface area (Å²) >= 11 is 3.43. The molecular weight excluding hydrogens is 380 g/mol. The van der Waals surface area contributed by atoms with E-state index < -0.39 is 11.6 Å². The Bertz CT molecular complexity index is 738. The fraction of sp³-hybridized carbons (Fsp3) is 0.235. The molecule has 0 saturated carbocycles. The second-order valence-electron chi connectivity index (χ2n) is 4.98. The Morgan fingerprint density at radius 2 is 1.88 bits per heavy atom. The van der Waals surface area contributed by atoms with E-state index in [1.807, 2.05) is 18.2 Å². The van der Waals surface area contributed by atoms with Gasteiger partial charge in [0.05, 0.1) is 11.6 Å². The first kappa shape index (κ1) is 18.2. The SMILES string of the molecule is CN=C(NCc1ccc(OC)c(Br)c1)NCc1cc(F)ccc1F. The van der Waals surface area contributed by atoms with Crippen LogP contribution in [0.5, 0.6) is 5.75 Å². The highest BCUT2D eigenvalue weighted by Gasteiger charge is 2.06. The third kappa shape index (κ3) is 4.92. The average molecular weight is 398 g/mol. The first-order chi connectivity index (χ1) is 11.5. The summed E-state index contributed by atoms with van der Waals surface area (Å²) in [6, 6.07) is 9.09. The maximum atomic E-state index is 13.6. The quantitative estimate of drug-likeness (QED) is 0.598. The van der Waals surface area contributed by atoms with Crippen molar-refractivity contribution in [2.24, 2.45) is 4.99 Å². The number of methoxy groups -OCH3 is 1. The molecule has 128 valence electrons. The Morgan fingerprint density at radius 1 is 1.12 bits per heavy atom. The molecule has 4 nitrogen and oxygen atoms in total. The minimum atomic E-state index is -0.473. The standard InChI is InChI=1S/C17H18BrF2N3O/c1-21-17(23-10-12-8-13(19)4-5-15(12)20)22-9-11-3-6-16(24-2)14(18)7-11/h3-8H,9-10H2,1-2H3,(H2,21,22,23). The average Bonchev–Trinajstić information content (AvgIpc) is 2.58. The first-order valence-corrected chi connectivity index (χ1v) is 8.03. The largest absolute Gasteiger partial charge is 0.496 e. The van der Waals surface area contributed by atoms with Gasteiger partial charge in [-0.05, 0) is 51.8 Å². The zero-order chi connectivity index (χ0) is 17.5. The molecule has 0 amide bonds. The summed E-state index contributed by atoms with van der Waals surface area (Å²) in [4.78, 5) is 4.07. The molecule has 2 rings (SSSR count). The van der Waals surface area contributed by atoms with Gasteiger partial charge in [-0.2, -0.15) is 0 Å². The Kier molecular flexibility index (Phi) is 6.54. The number of benzene rings is 2. The molecule has 0 aliphatic rings. The van der Waals surface area contributed by atoms with Crippen LogP contribution in [0.3, 0.4) is 0 Å². The number of halogens is 3. The number of aliphatic imine (C=N–C) groups is 1. The summed E-state index contributed by atoms with van der Waals surface area (Å²) in [6.45, 7) is 0.656. The molecule has 0 fully saturated rings. The van der Waals surface area contributed by atoms with Crippen LogP contribution in [-0.4, -0.2) is 20.1 Å². The minimum absolute atomic E-state index is 0.134. The van der Waals surface area contributed by atoms with Crippen LogP contribution in [0, 0.1) is 11.6 Å². The predicted molar refractivity (Wildman–Crippen MR) is 94.1 cm³/mol. The van der Waals surface area contributed by atoms with E-state index in [4.69, 9.17) is 4.74 Å². The second kappa shape index (κ2) is 8.63. The van der Waals surface area contributed by atoms with Gasteiger partial charge in [-0.1, -0.05) is 6.07 Å². The van der Waals surface area contributed by atoms with E-state index in [-0.39, 0.29) is 12.1 Å². The highest BCUT2D eigenvalue weighted by molar-refractivity contribution is 9.10. The Hall–Kier alpha value is -2.15. The molecule has 7 heteroatoms. The van der Waals surface area contributed by atoms with Crippen molar-refractivity contribution in [3.8, 4) is 5.75 Å². The van der Waals surface area contributed by atoms with Crippen LogP contribution in [0.15, 0.2) is 45.9 Å².